The Morgan fingerprint density at radius 2 is 1.67 bits per heavy atom. The summed E-state index contributed by atoms with van der Waals surface area (Å²) in [7, 11) is 0. The zero-order chi connectivity index (χ0) is 11.2. The summed E-state index contributed by atoms with van der Waals surface area (Å²) in [5, 5.41) is 8.79. The molecule has 1 N–H and O–H groups in total. The monoisotopic (exact) mass is 202 g/mol. The summed E-state index contributed by atoms with van der Waals surface area (Å²) in [5.41, 5.74) is 5.03. The fourth-order valence-electron chi connectivity index (χ4n) is 1.85. The van der Waals surface area contributed by atoms with Gasteiger partial charge in [0.25, 0.3) is 0 Å². The van der Waals surface area contributed by atoms with Gasteiger partial charge in [-0.1, -0.05) is 20.8 Å². The highest BCUT2D eigenvalue weighted by Gasteiger charge is 2.20. The van der Waals surface area contributed by atoms with Gasteiger partial charge in [0.2, 0.25) is 0 Å². The van der Waals surface area contributed by atoms with E-state index in [9.17, 15) is 0 Å². The number of aromatic nitrogens is 2. The van der Waals surface area contributed by atoms with E-state index >= 15 is 0 Å². The van der Waals surface area contributed by atoms with Crippen LogP contribution in [0.15, 0.2) is 12.1 Å². The Hall–Kier alpha value is -1.31. The van der Waals surface area contributed by atoms with E-state index in [-0.39, 0.29) is 5.41 Å². The molecule has 0 atom stereocenters. The lowest BCUT2D eigenvalue weighted by atomic mass is 9.89. The predicted molar refractivity (Wildman–Crippen MR) is 64.3 cm³/mol. The van der Waals surface area contributed by atoms with Crippen molar-refractivity contribution in [3.05, 3.63) is 29.0 Å². The van der Waals surface area contributed by atoms with Crippen LogP contribution in [-0.4, -0.2) is 10.2 Å². The molecular weight excluding hydrogens is 184 g/mol. The van der Waals surface area contributed by atoms with Gasteiger partial charge in [-0.2, -0.15) is 5.10 Å². The van der Waals surface area contributed by atoms with Gasteiger partial charge in [-0.15, -0.1) is 0 Å². The minimum absolute atomic E-state index is 0.0972. The fraction of sp³-hybridized carbons (Fsp3) is 0.462. The quantitative estimate of drug-likeness (QED) is 0.696. The third-order valence-electron chi connectivity index (χ3n) is 2.89. The molecule has 0 radical (unpaired) electrons. The van der Waals surface area contributed by atoms with E-state index in [2.05, 4.69) is 56.9 Å². The van der Waals surface area contributed by atoms with Gasteiger partial charge in [0.15, 0.2) is 0 Å². The minimum atomic E-state index is 0.0972. The third-order valence-corrected chi connectivity index (χ3v) is 2.89. The molecule has 0 unspecified atom stereocenters. The van der Waals surface area contributed by atoms with Crippen LogP contribution in [0.5, 0.6) is 0 Å². The molecule has 2 nitrogen and oxygen atoms in total. The second kappa shape index (κ2) is 3.09. The number of nitrogens with one attached hydrogen (secondary N) is 1. The minimum Gasteiger partial charge on any atom is -0.278 e. The summed E-state index contributed by atoms with van der Waals surface area (Å²) < 4.78 is 0. The van der Waals surface area contributed by atoms with Crippen LogP contribution in [0.1, 0.15) is 37.6 Å². The Morgan fingerprint density at radius 1 is 1.07 bits per heavy atom. The van der Waals surface area contributed by atoms with Gasteiger partial charge in [-0.05, 0) is 37.1 Å². The SMILES string of the molecule is Cc1cc2[nH]nc(C(C)(C)C)c2cc1C. The van der Waals surface area contributed by atoms with E-state index in [0.717, 1.165) is 11.2 Å². The molecule has 1 heterocycles. The lowest BCUT2D eigenvalue weighted by molar-refractivity contribution is 0.571. The summed E-state index contributed by atoms with van der Waals surface area (Å²) in [4.78, 5) is 0. The number of benzene rings is 1. The Labute approximate surface area is 90.7 Å². The average molecular weight is 202 g/mol. The summed E-state index contributed by atoms with van der Waals surface area (Å²) in [5.74, 6) is 0. The first-order valence-electron chi connectivity index (χ1n) is 5.35. The highest BCUT2D eigenvalue weighted by molar-refractivity contribution is 5.83. The summed E-state index contributed by atoms with van der Waals surface area (Å²) in [6, 6.07) is 4.40. The fourth-order valence-corrected chi connectivity index (χ4v) is 1.85. The highest BCUT2D eigenvalue weighted by Crippen LogP contribution is 2.29. The zero-order valence-electron chi connectivity index (χ0n) is 10.1. The predicted octanol–water partition coefficient (Wildman–Crippen LogP) is 3.48. The number of hydrogen-bond donors (Lipinski definition) is 1. The highest BCUT2D eigenvalue weighted by atomic mass is 15.1. The van der Waals surface area contributed by atoms with E-state index in [4.69, 9.17) is 0 Å². The number of hydrogen-bond acceptors (Lipinski definition) is 1. The number of fused-ring (bicyclic) bond motifs is 1. The first-order chi connectivity index (χ1) is 6.89. The van der Waals surface area contributed by atoms with Gasteiger partial charge in [0.05, 0.1) is 11.2 Å². The maximum absolute atomic E-state index is 4.42. The third kappa shape index (κ3) is 1.65. The van der Waals surface area contributed by atoms with Crippen molar-refractivity contribution in [2.45, 2.75) is 40.0 Å². The maximum Gasteiger partial charge on any atom is 0.0754 e. The molecule has 0 aliphatic heterocycles. The molecule has 2 aromatic rings. The molecule has 2 heteroatoms. The Balaban J connectivity index is 2.75. The molecule has 1 aromatic carbocycles. The second-order valence-electron chi connectivity index (χ2n) is 5.30. The zero-order valence-corrected chi connectivity index (χ0v) is 10.1. The number of aromatic amines is 1. The van der Waals surface area contributed by atoms with Crippen LogP contribution in [0.3, 0.4) is 0 Å². The first-order valence-corrected chi connectivity index (χ1v) is 5.35. The molecule has 15 heavy (non-hydrogen) atoms. The lowest BCUT2D eigenvalue weighted by Gasteiger charge is -2.15. The van der Waals surface area contributed by atoms with Gasteiger partial charge in [-0.3, -0.25) is 5.10 Å². The first kappa shape index (κ1) is 10.2. The number of H-pyrrole nitrogens is 1. The van der Waals surface area contributed by atoms with E-state index in [0.29, 0.717) is 0 Å². The van der Waals surface area contributed by atoms with Crippen molar-refractivity contribution >= 4 is 10.9 Å². The molecule has 1 aromatic heterocycles. The van der Waals surface area contributed by atoms with Crippen molar-refractivity contribution in [3.8, 4) is 0 Å². The Bertz CT molecular complexity index is 501. The Kier molecular flexibility index (Phi) is 2.10. The molecule has 0 fully saturated rings. The average Bonchev–Trinajstić information content (AvgIpc) is 2.47. The topological polar surface area (TPSA) is 28.7 Å². The molecule has 0 aliphatic rings. The van der Waals surface area contributed by atoms with Crippen molar-refractivity contribution in [2.75, 3.05) is 0 Å². The molecule has 0 amide bonds. The van der Waals surface area contributed by atoms with Gasteiger partial charge in [0.1, 0.15) is 0 Å². The van der Waals surface area contributed by atoms with Crippen LogP contribution in [0.2, 0.25) is 0 Å². The molecule has 0 bridgehead atoms. The van der Waals surface area contributed by atoms with E-state index in [1.54, 1.807) is 0 Å². The maximum atomic E-state index is 4.42. The van der Waals surface area contributed by atoms with Crippen molar-refractivity contribution < 1.29 is 0 Å². The summed E-state index contributed by atoms with van der Waals surface area (Å²) in [6.07, 6.45) is 0. The van der Waals surface area contributed by atoms with Crippen molar-refractivity contribution in [2.24, 2.45) is 0 Å². The van der Waals surface area contributed by atoms with E-state index < -0.39 is 0 Å². The molecule has 2 rings (SSSR count). The molecule has 80 valence electrons. The van der Waals surface area contributed by atoms with Gasteiger partial charge in [-0.25, -0.2) is 0 Å². The summed E-state index contributed by atoms with van der Waals surface area (Å²) >= 11 is 0. The van der Waals surface area contributed by atoms with Crippen LogP contribution in [-0.2, 0) is 5.41 Å². The van der Waals surface area contributed by atoms with Gasteiger partial charge >= 0.3 is 0 Å². The Morgan fingerprint density at radius 3 is 2.27 bits per heavy atom. The number of nitrogens with zero attached hydrogens (tertiary/aromatic N) is 1. The van der Waals surface area contributed by atoms with Crippen LogP contribution in [0.25, 0.3) is 10.9 Å². The van der Waals surface area contributed by atoms with Crippen molar-refractivity contribution in [1.82, 2.24) is 10.2 Å². The van der Waals surface area contributed by atoms with Crippen LogP contribution in [0.4, 0.5) is 0 Å². The molecule has 0 saturated carbocycles. The van der Waals surface area contributed by atoms with Crippen LogP contribution >= 0.6 is 0 Å². The van der Waals surface area contributed by atoms with Crippen molar-refractivity contribution in [1.29, 1.82) is 0 Å². The van der Waals surface area contributed by atoms with E-state index in [1.807, 2.05) is 0 Å². The second-order valence-corrected chi connectivity index (χ2v) is 5.30. The van der Waals surface area contributed by atoms with Crippen LogP contribution < -0.4 is 0 Å². The molecule has 0 aliphatic carbocycles. The molecular formula is C13H18N2. The van der Waals surface area contributed by atoms with Crippen molar-refractivity contribution in [3.63, 3.8) is 0 Å². The summed E-state index contributed by atoms with van der Waals surface area (Å²) in [6.45, 7) is 10.9. The lowest BCUT2D eigenvalue weighted by Crippen LogP contribution is -2.12. The standard InChI is InChI=1S/C13H18N2/c1-8-6-10-11(7-9(8)2)14-15-12(10)13(3,4)5/h6-7H,1-5H3,(H,14,15). The molecule has 0 saturated heterocycles. The van der Waals surface area contributed by atoms with E-state index in [1.165, 1.54) is 16.5 Å². The van der Waals surface area contributed by atoms with Gasteiger partial charge < -0.3 is 0 Å². The normalized spacial score (nSPS) is 12.3. The largest absolute Gasteiger partial charge is 0.278 e. The number of rotatable bonds is 0. The number of aryl methyl sites for hydroxylation is 2. The molecule has 0 spiro atoms. The van der Waals surface area contributed by atoms with Gasteiger partial charge in [0, 0.05) is 10.8 Å². The van der Waals surface area contributed by atoms with Crippen LogP contribution in [0, 0.1) is 13.8 Å². The smallest absolute Gasteiger partial charge is 0.0754 e.